The topological polar surface area (TPSA) is 169 Å². The number of nitrogens with two attached hydrogens (primary N) is 1. The van der Waals surface area contributed by atoms with E-state index in [1.54, 1.807) is 9.47 Å². The van der Waals surface area contributed by atoms with Crippen LogP contribution in [0, 0.1) is 6.92 Å². The summed E-state index contributed by atoms with van der Waals surface area (Å²) in [4.78, 5) is 39.8. The highest BCUT2D eigenvalue weighted by Gasteiger charge is 2.45. The smallest absolute Gasteiger partial charge is 0.220 e. The molecule has 1 aromatic carbocycles. The number of rotatable bonds is 10. The van der Waals surface area contributed by atoms with Gasteiger partial charge in [0.05, 0.1) is 25.0 Å². The highest BCUT2D eigenvalue weighted by molar-refractivity contribution is 5.88. The fourth-order valence-corrected chi connectivity index (χ4v) is 4.43. The molecule has 37 heavy (non-hydrogen) atoms. The predicted molar refractivity (Wildman–Crippen MR) is 136 cm³/mol. The number of carbonyl (C=O) groups is 2. The first-order valence-corrected chi connectivity index (χ1v) is 12.1. The number of aliphatic hydroxyl groups is 2. The van der Waals surface area contributed by atoms with E-state index in [1.165, 1.54) is 12.7 Å². The zero-order valence-corrected chi connectivity index (χ0v) is 21.1. The van der Waals surface area contributed by atoms with Crippen LogP contribution in [-0.4, -0.2) is 86.4 Å². The van der Waals surface area contributed by atoms with Crippen molar-refractivity contribution < 1.29 is 24.5 Å². The fourth-order valence-electron chi connectivity index (χ4n) is 4.43. The number of hydrogen-bond acceptors (Lipinski definition) is 10. The molecule has 3 heterocycles. The van der Waals surface area contributed by atoms with Crippen LogP contribution in [0.25, 0.3) is 11.2 Å². The highest BCUT2D eigenvalue weighted by atomic mass is 16.5. The summed E-state index contributed by atoms with van der Waals surface area (Å²) < 4.78 is 7.43. The molecule has 5 N–H and O–H groups in total. The third-order valence-corrected chi connectivity index (χ3v) is 6.51. The molecule has 0 bridgehead atoms. The number of nitrogens with zero attached hydrogens (tertiary/aromatic N) is 5. The van der Waals surface area contributed by atoms with Crippen molar-refractivity contribution in [2.45, 2.75) is 56.7 Å². The molecule has 12 nitrogen and oxygen atoms in total. The molecule has 3 aromatic rings. The van der Waals surface area contributed by atoms with Gasteiger partial charge in [0.25, 0.3) is 0 Å². The van der Waals surface area contributed by atoms with Crippen molar-refractivity contribution in [3.63, 3.8) is 0 Å². The standard InChI is InChI=1S/C25H33N7O5/c1-14-4-6-15(7-5-14)10-16(26)17(34)8-9-19(35)30-20-18(11-33)37-25(22(20)36)32-13-29-21-23(31(2)3)27-12-28-24(21)32/h4-7,12-13,16,18,20,22,25,33,36H,8-11,26H2,1-3H3,(H,30,35)/t16-,18+,20?,22-,25+/m0/s1. The fraction of sp³-hybridized carbons (Fsp3) is 0.480. The molecule has 1 amide bonds. The Morgan fingerprint density at radius 3 is 2.59 bits per heavy atom. The normalized spacial score (nSPS) is 22.2. The Hall–Kier alpha value is -3.45. The van der Waals surface area contributed by atoms with Crippen LogP contribution in [0.15, 0.2) is 36.9 Å². The average Bonchev–Trinajstić information content (AvgIpc) is 3.44. The largest absolute Gasteiger partial charge is 0.394 e. The number of imidazole rings is 1. The summed E-state index contributed by atoms with van der Waals surface area (Å²) in [7, 11) is 3.66. The second kappa shape index (κ2) is 11.3. The maximum atomic E-state index is 12.7. The van der Waals surface area contributed by atoms with Crippen LogP contribution >= 0.6 is 0 Å². The number of Topliss-reactive ketones (excluding diaryl/α,β-unsaturated/α-hetero) is 1. The zero-order chi connectivity index (χ0) is 26.7. The number of ether oxygens (including phenoxy) is 1. The lowest BCUT2D eigenvalue weighted by Crippen LogP contribution is -2.48. The summed E-state index contributed by atoms with van der Waals surface area (Å²) in [6, 6.07) is 6.17. The van der Waals surface area contributed by atoms with Crippen LogP contribution < -0.4 is 16.0 Å². The van der Waals surface area contributed by atoms with Gasteiger partial charge in [-0.05, 0) is 18.9 Å². The lowest BCUT2D eigenvalue weighted by Gasteiger charge is -2.21. The van der Waals surface area contributed by atoms with Gasteiger partial charge in [-0.25, -0.2) is 15.0 Å². The molecule has 0 saturated carbocycles. The highest BCUT2D eigenvalue weighted by Crippen LogP contribution is 2.32. The minimum absolute atomic E-state index is 0.0356. The molecular formula is C25H33N7O5. The van der Waals surface area contributed by atoms with E-state index in [-0.39, 0.29) is 18.6 Å². The van der Waals surface area contributed by atoms with Crippen molar-refractivity contribution in [3.8, 4) is 0 Å². The molecule has 0 spiro atoms. The number of aromatic nitrogens is 4. The van der Waals surface area contributed by atoms with Crippen LogP contribution in [0.5, 0.6) is 0 Å². The quantitative estimate of drug-likeness (QED) is 0.287. The molecule has 2 aromatic heterocycles. The number of carbonyl (C=O) groups excluding carboxylic acids is 2. The molecule has 1 aliphatic heterocycles. The second-order valence-electron chi connectivity index (χ2n) is 9.51. The van der Waals surface area contributed by atoms with E-state index in [0.29, 0.717) is 23.4 Å². The van der Waals surface area contributed by atoms with E-state index < -0.39 is 43.0 Å². The number of anilines is 1. The molecule has 0 aliphatic carbocycles. The van der Waals surface area contributed by atoms with Crippen LogP contribution in [0.3, 0.4) is 0 Å². The first-order valence-electron chi connectivity index (χ1n) is 12.1. The summed E-state index contributed by atoms with van der Waals surface area (Å²) in [6.45, 7) is 1.56. The van der Waals surface area contributed by atoms with Crippen LogP contribution in [0.2, 0.25) is 0 Å². The molecular weight excluding hydrogens is 478 g/mol. The lowest BCUT2D eigenvalue weighted by molar-refractivity contribution is -0.127. The molecule has 5 atom stereocenters. The van der Waals surface area contributed by atoms with Gasteiger partial charge in [0.1, 0.15) is 24.3 Å². The number of ketones is 1. The van der Waals surface area contributed by atoms with Crippen LogP contribution in [0.1, 0.15) is 30.2 Å². The van der Waals surface area contributed by atoms with Gasteiger partial charge in [0, 0.05) is 26.9 Å². The SMILES string of the molecule is Cc1ccc(C[C@H](N)C(=O)CCC(=O)NC2[C@@H](CO)O[C@@H](n3cnc4c(N(C)C)ncnc43)[C@H]2O)cc1. The van der Waals surface area contributed by atoms with Gasteiger partial charge in [-0.3, -0.25) is 14.2 Å². The number of aliphatic hydroxyl groups excluding tert-OH is 2. The Balaban J connectivity index is 1.37. The Morgan fingerprint density at radius 2 is 1.92 bits per heavy atom. The van der Waals surface area contributed by atoms with E-state index >= 15 is 0 Å². The summed E-state index contributed by atoms with van der Waals surface area (Å²) in [5.41, 5.74) is 9.10. The molecule has 12 heteroatoms. The minimum atomic E-state index is -1.20. The molecule has 1 unspecified atom stereocenters. The van der Waals surface area contributed by atoms with Gasteiger partial charge >= 0.3 is 0 Å². The Kier molecular flexibility index (Phi) is 8.13. The number of hydrogen-bond donors (Lipinski definition) is 4. The number of benzene rings is 1. The lowest BCUT2D eigenvalue weighted by atomic mass is 9.99. The van der Waals surface area contributed by atoms with Gasteiger partial charge in [0.15, 0.2) is 23.2 Å². The predicted octanol–water partition coefficient (Wildman–Crippen LogP) is -0.145. The number of amides is 1. The monoisotopic (exact) mass is 511 g/mol. The molecule has 1 saturated heterocycles. The second-order valence-corrected chi connectivity index (χ2v) is 9.51. The van der Waals surface area contributed by atoms with Gasteiger partial charge in [0.2, 0.25) is 5.91 Å². The van der Waals surface area contributed by atoms with Crippen molar-refractivity contribution >= 4 is 28.7 Å². The van der Waals surface area contributed by atoms with Crippen LogP contribution in [0.4, 0.5) is 5.82 Å². The Bertz CT molecular complexity index is 1250. The molecule has 4 rings (SSSR count). The van der Waals surface area contributed by atoms with Crippen molar-refractivity contribution in [1.82, 2.24) is 24.8 Å². The molecule has 1 fully saturated rings. The minimum Gasteiger partial charge on any atom is -0.394 e. The Morgan fingerprint density at radius 1 is 1.19 bits per heavy atom. The number of fused-ring (bicyclic) bond motifs is 1. The van der Waals surface area contributed by atoms with E-state index in [2.05, 4.69) is 20.3 Å². The first kappa shape index (κ1) is 26.6. The molecule has 0 radical (unpaired) electrons. The van der Waals surface area contributed by atoms with Gasteiger partial charge in [-0.15, -0.1) is 0 Å². The van der Waals surface area contributed by atoms with E-state index in [0.717, 1.165) is 11.1 Å². The first-order chi connectivity index (χ1) is 17.7. The molecule has 198 valence electrons. The maximum absolute atomic E-state index is 12.7. The van der Waals surface area contributed by atoms with Gasteiger partial charge < -0.3 is 30.9 Å². The van der Waals surface area contributed by atoms with Gasteiger partial charge in [-0.1, -0.05) is 29.8 Å². The van der Waals surface area contributed by atoms with E-state index in [1.807, 2.05) is 45.3 Å². The van der Waals surface area contributed by atoms with Crippen molar-refractivity contribution in [2.24, 2.45) is 5.73 Å². The number of nitrogens with one attached hydrogen (secondary N) is 1. The third kappa shape index (κ3) is 5.77. The third-order valence-electron chi connectivity index (χ3n) is 6.51. The van der Waals surface area contributed by atoms with Crippen LogP contribution in [-0.2, 0) is 20.7 Å². The van der Waals surface area contributed by atoms with Crippen molar-refractivity contribution in [3.05, 3.63) is 48.0 Å². The van der Waals surface area contributed by atoms with E-state index in [9.17, 15) is 19.8 Å². The molecule has 1 aliphatic rings. The van der Waals surface area contributed by atoms with Gasteiger partial charge in [-0.2, -0.15) is 0 Å². The summed E-state index contributed by atoms with van der Waals surface area (Å²) in [5.74, 6) is -0.0720. The van der Waals surface area contributed by atoms with E-state index in [4.69, 9.17) is 10.5 Å². The van der Waals surface area contributed by atoms with Crippen molar-refractivity contribution in [2.75, 3.05) is 25.6 Å². The number of aryl methyl sites for hydroxylation is 1. The van der Waals surface area contributed by atoms with Crippen molar-refractivity contribution in [1.29, 1.82) is 0 Å². The maximum Gasteiger partial charge on any atom is 0.220 e. The zero-order valence-electron chi connectivity index (χ0n) is 21.1. The average molecular weight is 512 g/mol. The summed E-state index contributed by atoms with van der Waals surface area (Å²) >= 11 is 0. The summed E-state index contributed by atoms with van der Waals surface area (Å²) in [5, 5.41) is 23.6. The Labute approximate surface area is 214 Å². The summed E-state index contributed by atoms with van der Waals surface area (Å²) in [6.07, 6.45) is 0.121.